The largest absolute Gasteiger partial charge is 0.381 e. The van der Waals surface area contributed by atoms with Gasteiger partial charge in [-0.3, -0.25) is 14.9 Å². The number of aromatic nitrogens is 3. The Labute approximate surface area is 152 Å². The smallest absolute Gasteiger partial charge is 0.274 e. The summed E-state index contributed by atoms with van der Waals surface area (Å²) >= 11 is 6.27. The molecule has 1 fully saturated rings. The van der Waals surface area contributed by atoms with Crippen LogP contribution in [0.25, 0.3) is 0 Å². The van der Waals surface area contributed by atoms with Crippen molar-refractivity contribution in [2.45, 2.75) is 51.3 Å². The van der Waals surface area contributed by atoms with E-state index in [1.807, 2.05) is 11.8 Å². The Bertz CT molecular complexity index is 725. The Morgan fingerprint density at radius 1 is 1.40 bits per heavy atom. The zero-order valence-corrected chi connectivity index (χ0v) is 15.3. The number of nitrogens with zero attached hydrogens (tertiary/aromatic N) is 3. The van der Waals surface area contributed by atoms with Crippen molar-refractivity contribution in [3.63, 3.8) is 0 Å². The van der Waals surface area contributed by atoms with Gasteiger partial charge in [-0.15, -0.1) is 0 Å². The molecule has 6 nitrogen and oxygen atoms in total. The number of hydrogen-bond acceptors (Lipinski definition) is 4. The molecule has 0 aromatic carbocycles. The van der Waals surface area contributed by atoms with Crippen molar-refractivity contribution >= 4 is 17.5 Å². The zero-order chi connectivity index (χ0) is 17.8. The van der Waals surface area contributed by atoms with Crippen LogP contribution in [0.3, 0.4) is 0 Å². The molecule has 7 heteroatoms. The van der Waals surface area contributed by atoms with E-state index in [-0.39, 0.29) is 18.1 Å². The van der Waals surface area contributed by atoms with Crippen LogP contribution < -0.4 is 0 Å². The first kappa shape index (κ1) is 17.9. The van der Waals surface area contributed by atoms with Crippen molar-refractivity contribution in [2.24, 2.45) is 0 Å². The minimum Gasteiger partial charge on any atom is -0.381 e. The Kier molecular flexibility index (Phi) is 5.71. The predicted molar refractivity (Wildman–Crippen MR) is 95.5 cm³/mol. The van der Waals surface area contributed by atoms with Gasteiger partial charge in [0.2, 0.25) is 0 Å². The highest BCUT2D eigenvalue weighted by molar-refractivity contribution is 6.31. The monoisotopic (exact) mass is 362 g/mol. The second-order valence-electron chi connectivity index (χ2n) is 6.47. The number of carbonyl (C=O) groups is 1. The standard InChI is InChI=1S/C18H23ClN4O2/c1-12-10-16(22-21-12)18(24)23(11-17-15(19)4-3-9-20-17)13-5-7-14(25-2)8-6-13/h3-4,9-10,13-14H,5-8,11H2,1-2H3,(H,21,22). The highest BCUT2D eigenvalue weighted by atomic mass is 35.5. The van der Waals surface area contributed by atoms with Gasteiger partial charge in [-0.05, 0) is 50.8 Å². The number of halogens is 1. The van der Waals surface area contributed by atoms with Gasteiger partial charge in [-0.25, -0.2) is 0 Å². The highest BCUT2D eigenvalue weighted by Gasteiger charge is 2.31. The average molecular weight is 363 g/mol. The summed E-state index contributed by atoms with van der Waals surface area (Å²) in [5.74, 6) is -0.0908. The molecule has 0 spiro atoms. The van der Waals surface area contributed by atoms with E-state index in [9.17, 15) is 4.79 Å². The lowest BCUT2D eigenvalue weighted by molar-refractivity contribution is 0.0308. The normalized spacial score (nSPS) is 20.4. The molecule has 2 aromatic heterocycles. The summed E-state index contributed by atoms with van der Waals surface area (Å²) in [5.41, 5.74) is 2.00. The van der Waals surface area contributed by atoms with Crippen LogP contribution >= 0.6 is 11.6 Å². The maximum absolute atomic E-state index is 13.1. The topological polar surface area (TPSA) is 71.1 Å². The van der Waals surface area contributed by atoms with Gasteiger partial charge in [0.05, 0.1) is 23.4 Å². The lowest BCUT2D eigenvalue weighted by Crippen LogP contribution is -2.43. The van der Waals surface area contributed by atoms with Gasteiger partial charge in [-0.1, -0.05) is 11.6 Å². The van der Waals surface area contributed by atoms with E-state index in [0.717, 1.165) is 31.4 Å². The number of pyridine rings is 1. The molecular weight excluding hydrogens is 340 g/mol. The van der Waals surface area contributed by atoms with Crippen LogP contribution in [0.1, 0.15) is 47.6 Å². The number of hydrogen-bond donors (Lipinski definition) is 1. The Hall–Kier alpha value is -1.92. The molecule has 0 radical (unpaired) electrons. The molecule has 2 heterocycles. The van der Waals surface area contributed by atoms with Gasteiger partial charge >= 0.3 is 0 Å². The van der Waals surface area contributed by atoms with E-state index in [1.54, 1.807) is 31.5 Å². The van der Waals surface area contributed by atoms with Crippen LogP contribution in [0.2, 0.25) is 5.02 Å². The first-order valence-electron chi connectivity index (χ1n) is 8.53. The van der Waals surface area contributed by atoms with Crippen LogP contribution in [0.4, 0.5) is 0 Å². The summed E-state index contributed by atoms with van der Waals surface area (Å²) in [5, 5.41) is 7.55. The van der Waals surface area contributed by atoms with Gasteiger partial charge in [0.25, 0.3) is 5.91 Å². The Balaban J connectivity index is 1.83. The molecule has 25 heavy (non-hydrogen) atoms. The Morgan fingerprint density at radius 2 is 2.16 bits per heavy atom. The van der Waals surface area contributed by atoms with Crippen LogP contribution in [0.15, 0.2) is 24.4 Å². The maximum Gasteiger partial charge on any atom is 0.274 e. The van der Waals surface area contributed by atoms with Crippen LogP contribution in [0, 0.1) is 6.92 Å². The van der Waals surface area contributed by atoms with E-state index in [2.05, 4.69) is 15.2 Å². The molecule has 0 bridgehead atoms. The third-order valence-electron chi connectivity index (χ3n) is 4.76. The predicted octanol–water partition coefficient (Wildman–Crippen LogP) is 3.37. The van der Waals surface area contributed by atoms with Crippen LogP contribution in [-0.4, -0.2) is 45.2 Å². The minimum absolute atomic E-state index is 0.0908. The lowest BCUT2D eigenvalue weighted by atomic mass is 9.91. The highest BCUT2D eigenvalue weighted by Crippen LogP contribution is 2.28. The summed E-state index contributed by atoms with van der Waals surface area (Å²) in [6, 6.07) is 5.50. The molecule has 1 aliphatic rings. The fourth-order valence-corrected chi connectivity index (χ4v) is 3.51. The SMILES string of the molecule is COC1CCC(N(Cc2ncccc2Cl)C(=O)c2cc(C)[nH]n2)CC1. The number of methoxy groups -OCH3 is 1. The first-order valence-corrected chi connectivity index (χ1v) is 8.91. The van der Waals surface area contributed by atoms with Gasteiger partial charge in [-0.2, -0.15) is 5.10 Å². The fourth-order valence-electron chi connectivity index (χ4n) is 3.33. The number of amides is 1. The molecule has 0 saturated heterocycles. The molecule has 134 valence electrons. The summed E-state index contributed by atoms with van der Waals surface area (Å²) in [6.45, 7) is 2.26. The third kappa shape index (κ3) is 4.19. The van der Waals surface area contributed by atoms with Gasteiger partial charge in [0.1, 0.15) is 5.69 Å². The zero-order valence-electron chi connectivity index (χ0n) is 14.5. The van der Waals surface area contributed by atoms with Gasteiger partial charge < -0.3 is 9.64 Å². The number of H-pyrrole nitrogens is 1. The molecule has 0 aliphatic heterocycles. The molecule has 0 unspecified atom stereocenters. The number of ether oxygens (including phenoxy) is 1. The second kappa shape index (κ2) is 7.97. The van der Waals surface area contributed by atoms with E-state index < -0.39 is 0 Å². The number of nitrogens with one attached hydrogen (secondary N) is 1. The second-order valence-corrected chi connectivity index (χ2v) is 6.87. The minimum atomic E-state index is -0.0908. The molecule has 1 amide bonds. The molecule has 3 rings (SSSR count). The van der Waals surface area contributed by atoms with Gasteiger partial charge in [0, 0.05) is 25.0 Å². The van der Waals surface area contributed by atoms with Crippen molar-refractivity contribution in [2.75, 3.05) is 7.11 Å². The molecule has 1 N–H and O–H groups in total. The molecule has 0 atom stereocenters. The number of carbonyl (C=O) groups excluding carboxylic acids is 1. The summed E-state index contributed by atoms with van der Waals surface area (Å²) in [7, 11) is 1.74. The quantitative estimate of drug-likeness (QED) is 0.885. The molecule has 2 aromatic rings. The number of aryl methyl sites for hydroxylation is 1. The summed E-state index contributed by atoms with van der Waals surface area (Å²) in [6.07, 6.45) is 5.67. The molecule has 1 aliphatic carbocycles. The lowest BCUT2D eigenvalue weighted by Gasteiger charge is -2.36. The van der Waals surface area contributed by atoms with Crippen molar-refractivity contribution in [3.8, 4) is 0 Å². The van der Waals surface area contributed by atoms with Crippen molar-refractivity contribution < 1.29 is 9.53 Å². The third-order valence-corrected chi connectivity index (χ3v) is 5.10. The molecular formula is C18H23ClN4O2. The van der Waals surface area contributed by atoms with Gasteiger partial charge in [0.15, 0.2) is 0 Å². The van der Waals surface area contributed by atoms with E-state index >= 15 is 0 Å². The maximum atomic E-state index is 13.1. The van der Waals surface area contributed by atoms with Crippen LogP contribution in [0.5, 0.6) is 0 Å². The molecule has 1 saturated carbocycles. The van der Waals surface area contributed by atoms with Crippen molar-refractivity contribution in [1.82, 2.24) is 20.1 Å². The van der Waals surface area contributed by atoms with Crippen LogP contribution in [-0.2, 0) is 11.3 Å². The fraction of sp³-hybridized carbons (Fsp3) is 0.500. The average Bonchev–Trinajstić information content (AvgIpc) is 3.07. The van der Waals surface area contributed by atoms with E-state index in [1.165, 1.54) is 0 Å². The summed E-state index contributed by atoms with van der Waals surface area (Å²) in [4.78, 5) is 19.3. The van der Waals surface area contributed by atoms with E-state index in [0.29, 0.717) is 23.0 Å². The Morgan fingerprint density at radius 3 is 2.76 bits per heavy atom. The van der Waals surface area contributed by atoms with Crippen molar-refractivity contribution in [3.05, 3.63) is 46.5 Å². The first-order chi connectivity index (χ1) is 12.1. The number of aromatic amines is 1. The van der Waals surface area contributed by atoms with E-state index in [4.69, 9.17) is 16.3 Å². The summed E-state index contributed by atoms with van der Waals surface area (Å²) < 4.78 is 5.45. The van der Waals surface area contributed by atoms with Crippen molar-refractivity contribution in [1.29, 1.82) is 0 Å². The number of rotatable bonds is 5.